The maximum atomic E-state index is 10.4. The average molecular weight is 1590 g/mol. The van der Waals surface area contributed by atoms with Crippen LogP contribution < -0.4 is 21.3 Å². The summed E-state index contributed by atoms with van der Waals surface area (Å²) in [7, 11) is 13.7. The van der Waals surface area contributed by atoms with Gasteiger partial charge in [0.15, 0.2) is 5.56 Å². The van der Waals surface area contributed by atoms with Crippen LogP contribution in [0.1, 0.15) is 208 Å². The molecule has 84 heavy (non-hydrogen) atoms. The van der Waals surface area contributed by atoms with E-state index in [0.29, 0.717) is 6.42 Å². The van der Waals surface area contributed by atoms with Gasteiger partial charge in [-0.2, -0.15) is 4.99 Å². The molecule has 0 saturated heterocycles. The van der Waals surface area contributed by atoms with Crippen LogP contribution in [0.3, 0.4) is 0 Å². The van der Waals surface area contributed by atoms with Crippen molar-refractivity contribution >= 4 is 58.8 Å². The first kappa shape index (κ1) is 152. The molecule has 0 aromatic rings. The summed E-state index contributed by atoms with van der Waals surface area (Å²) in [5, 5.41) is 55.4. The molecule has 4 radical (unpaired) electrons. The summed E-state index contributed by atoms with van der Waals surface area (Å²) in [6.45, 7) is 44.6. The molecule has 0 aromatic carbocycles. The molecule has 9 N–H and O–H groups in total. The molecule has 25 heteroatoms. The zero-order valence-corrected chi connectivity index (χ0v) is 67.3. The Morgan fingerprint density at radius 2 is 0.774 bits per heavy atom. The van der Waals surface area contributed by atoms with Crippen molar-refractivity contribution < 1.29 is 180 Å². The number of nitrogens with one attached hydrogen (secondary N) is 4. The first-order valence-electron chi connectivity index (χ1n) is 26.0. The number of alkyl halides is 2. The molecule has 0 saturated carbocycles. The molecule has 0 fully saturated rings. The smallest absolute Gasteiger partial charge is 0.433 e. The third kappa shape index (κ3) is 260. The second kappa shape index (κ2) is 131. The molecule has 1 amide bonds. The molecule has 6 atom stereocenters. The Morgan fingerprint density at radius 3 is 0.869 bits per heavy atom. The van der Waals surface area contributed by atoms with Crippen LogP contribution in [0, 0.1) is 0 Å². The number of carbonyl (C=O) groups excluding carboxylic acids is 3. The van der Waals surface area contributed by atoms with Gasteiger partial charge in [0.2, 0.25) is 0 Å². The molecule has 520 valence electrons. The number of aliphatic hydroxyl groups excluding tert-OH is 5. The van der Waals surface area contributed by atoms with Gasteiger partial charge in [0, 0.05) is 174 Å². The van der Waals surface area contributed by atoms with Gasteiger partial charge in [-0.25, -0.2) is 9.59 Å². The minimum absolute atomic E-state index is 0. The van der Waals surface area contributed by atoms with Crippen LogP contribution in [-0.2, 0) is 145 Å². The van der Waals surface area contributed by atoms with Crippen molar-refractivity contribution in [2.45, 2.75) is 250 Å². The number of amides is 1. The molecule has 0 aliphatic carbocycles. The largest absolute Gasteiger partial charge is 0.442 e. The van der Waals surface area contributed by atoms with Gasteiger partial charge in [0.1, 0.15) is 11.4 Å². The van der Waals surface area contributed by atoms with Crippen LogP contribution in [-0.4, -0.2) is 227 Å². The van der Waals surface area contributed by atoms with Gasteiger partial charge in [-0.15, -0.1) is 11.6 Å². The number of nitrogens with zero attached hydrogens (tertiary/aromatic N) is 4. The maximum Gasteiger partial charge on any atom is 0.433 e. The SMILES string of the molecule is C.C.C.C.C.C.C.C=NC(=O)OC(C)(C)C.CC.CC(Cl)OC(=O)Cl.CCCl.CCN(C)CCC(C)=O.CCN(C)CCC(C)O.CCN(C)CCC(C)O.CCNC.CNCCC(C)O.CNCC[C@@H](C)O.CNCC[C@H](C)O.[Y].[Y].[Y].[Y]. The summed E-state index contributed by atoms with van der Waals surface area (Å²) < 4.78 is 8.86. The van der Waals surface area contributed by atoms with E-state index in [1.54, 1.807) is 48.5 Å². The Bertz CT molecular complexity index is 1000. The van der Waals surface area contributed by atoms with Crippen LogP contribution in [0.5, 0.6) is 0 Å². The Hall–Kier alpha value is 3.09. The number of rotatable bonds is 23. The Kier molecular flexibility index (Phi) is 237. The number of Topliss-reactive ketones (excluding diaryl/α,β-unsaturated/α-hetero) is 1. The van der Waals surface area contributed by atoms with Gasteiger partial charge in [0.05, 0.1) is 30.5 Å². The fraction of sp³-hybridized carbons (Fsp3) is 0.932. The summed E-state index contributed by atoms with van der Waals surface area (Å²) in [6, 6.07) is 0. The number of ketones is 1. The molecule has 4 unspecified atom stereocenters. The third-order valence-electron chi connectivity index (χ3n) is 7.89. The van der Waals surface area contributed by atoms with E-state index in [-0.39, 0.29) is 219 Å². The molecule has 0 aliphatic rings. The van der Waals surface area contributed by atoms with Crippen molar-refractivity contribution in [2.24, 2.45) is 4.99 Å². The van der Waals surface area contributed by atoms with Crippen molar-refractivity contribution in [3.05, 3.63) is 0 Å². The quantitative estimate of drug-likeness (QED) is 0.0262. The minimum Gasteiger partial charge on any atom is -0.442 e. The van der Waals surface area contributed by atoms with Gasteiger partial charge < -0.3 is 71.0 Å². The topological polar surface area (TPSA) is 241 Å². The average Bonchev–Trinajstić information content (AvgIpc) is 3.30. The molecule has 18 nitrogen and oxygen atoms in total. The fourth-order valence-electron chi connectivity index (χ4n) is 3.12. The van der Waals surface area contributed by atoms with Gasteiger partial charge in [-0.3, -0.25) is 4.79 Å². The molecule has 0 heterocycles. The van der Waals surface area contributed by atoms with E-state index in [1.165, 1.54) is 6.92 Å². The van der Waals surface area contributed by atoms with E-state index in [4.69, 9.17) is 65.1 Å². The van der Waals surface area contributed by atoms with E-state index in [1.807, 2.05) is 69.9 Å². The number of halogens is 3. The zero-order chi connectivity index (χ0) is 60.4. The molecule has 0 aliphatic heterocycles. The van der Waals surface area contributed by atoms with Crippen molar-refractivity contribution in [3.8, 4) is 0 Å². The number of ether oxygens (including phenoxy) is 2. The standard InChI is InChI=1S/2C7H17NO.C7H15NO.C6H11NO2.3C5H13NO.C3H4Cl2O2.C3H9N.C2H5Cl.C2H6.7CH4.4Y/c3*1-4-8(3)6-5-7(2)9;1-6(2,3)9-5(8)7-4;3*1-5(7)3-4-6-2;1-2(4)7-3(5)6;1-3-4-2;1-2-3;1-2;;;;;;;;;;;/h2*7,9H,4-6H2,1-3H3;4-6H2,1-3H3;4H2,1-3H3;3*5-7H,3-4H2,1-2H3;2H,1H3;4H,3H2,1-2H3;2H2,1H3;1-2H3;7*1H4;;;;/t;;;;2*5-;;;;;;;;;;;;;;;;/m....10................/s1. The number of hydrogen-bond donors (Lipinski definition) is 9. The number of aliphatic imine (C=N–C) groups is 1. The van der Waals surface area contributed by atoms with E-state index in [2.05, 4.69) is 94.2 Å². The van der Waals surface area contributed by atoms with E-state index in [0.717, 1.165) is 103 Å². The van der Waals surface area contributed by atoms with Crippen molar-refractivity contribution in [1.82, 2.24) is 36.0 Å². The van der Waals surface area contributed by atoms with Crippen molar-refractivity contribution in [2.75, 3.05) is 121 Å². The molecule has 0 aromatic heterocycles. The van der Waals surface area contributed by atoms with Crippen LogP contribution in [0.4, 0.5) is 9.59 Å². The van der Waals surface area contributed by atoms with E-state index < -0.39 is 22.7 Å². The van der Waals surface area contributed by atoms with E-state index >= 15 is 0 Å². The fourth-order valence-corrected chi connectivity index (χ4v) is 3.38. The summed E-state index contributed by atoms with van der Waals surface area (Å²) in [4.78, 5) is 40.1. The molecule has 0 rings (SSSR count). The van der Waals surface area contributed by atoms with Gasteiger partial charge >= 0.3 is 11.5 Å². The monoisotopic (exact) mass is 1590 g/mol. The number of aliphatic hydroxyl groups is 5. The Balaban J connectivity index is -0.0000000252. The summed E-state index contributed by atoms with van der Waals surface area (Å²) in [5.74, 6) is 0.996. The number of hydrogen-bond acceptors (Lipinski definition) is 17. The summed E-state index contributed by atoms with van der Waals surface area (Å²) >= 11 is 14.9. The second-order valence-electron chi connectivity index (χ2n) is 17.2. The predicted molar refractivity (Wildman–Crippen MR) is 366 cm³/mol. The van der Waals surface area contributed by atoms with E-state index in [9.17, 15) is 14.4 Å². The minimum atomic E-state index is -0.873. The normalized spacial score (nSPS) is 10.6. The predicted octanol–water partition coefficient (Wildman–Crippen LogP) is 12.8. The second-order valence-corrected chi connectivity index (χ2v) is 18.6. The molecular weight excluding hydrogens is 1440 g/mol. The van der Waals surface area contributed by atoms with Gasteiger partial charge in [-0.05, 0) is 203 Å². The Labute approximate surface area is 643 Å². The Morgan fingerprint density at radius 1 is 0.548 bits per heavy atom. The van der Waals surface area contributed by atoms with Gasteiger partial charge in [-0.1, -0.05) is 112 Å². The first-order valence-corrected chi connectivity index (χ1v) is 27.4. The molecule has 0 bridgehead atoms. The van der Waals surface area contributed by atoms with Gasteiger partial charge in [0.25, 0.3) is 0 Å². The van der Waals surface area contributed by atoms with Crippen LogP contribution in [0.25, 0.3) is 0 Å². The maximum absolute atomic E-state index is 10.4. The van der Waals surface area contributed by atoms with Crippen molar-refractivity contribution in [1.29, 1.82) is 0 Å². The van der Waals surface area contributed by atoms with Crippen LogP contribution in [0.15, 0.2) is 4.99 Å². The van der Waals surface area contributed by atoms with Crippen LogP contribution >= 0.6 is 34.8 Å². The van der Waals surface area contributed by atoms with Crippen molar-refractivity contribution in [3.63, 3.8) is 0 Å². The summed E-state index contributed by atoms with van der Waals surface area (Å²) in [6.07, 6.45) is 3.57. The first-order chi connectivity index (χ1) is 33.7. The third-order valence-corrected chi connectivity index (χ3v) is 8.07. The summed E-state index contributed by atoms with van der Waals surface area (Å²) in [5.41, 5.74) is -1.97. The molecule has 0 spiro atoms. The number of carbonyl (C=O) groups is 3. The zero-order valence-electron chi connectivity index (χ0n) is 53.7. The van der Waals surface area contributed by atoms with Crippen LogP contribution in [0.2, 0.25) is 0 Å². The molecular formula is C59H151Cl3N8O10Y4.